The normalized spacial score (nSPS) is 20.5. The van der Waals surface area contributed by atoms with E-state index < -0.39 is 0 Å². The zero-order chi connectivity index (χ0) is 11.8. The molecule has 0 saturated carbocycles. The van der Waals surface area contributed by atoms with Gasteiger partial charge in [-0.15, -0.1) is 0 Å². The second kappa shape index (κ2) is 4.15. The van der Waals surface area contributed by atoms with E-state index in [-0.39, 0.29) is 0 Å². The molecule has 17 heavy (non-hydrogen) atoms. The van der Waals surface area contributed by atoms with Crippen molar-refractivity contribution in [3.8, 4) is 0 Å². The minimum atomic E-state index is 0.410. The van der Waals surface area contributed by atoms with Crippen molar-refractivity contribution in [2.24, 2.45) is 0 Å². The predicted octanol–water partition coefficient (Wildman–Crippen LogP) is 3.12. The summed E-state index contributed by atoms with van der Waals surface area (Å²) in [6.07, 6.45) is 3.04. The highest BCUT2D eigenvalue weighted by atomic mass is 16.5. The molecule has 0 unspecified atom stereocenters. The molecule has 1 saturated heterocycles. The third-order valence-electron chi connectivity index (χ3n) is 3.52. The minimum absolute atomic E-state index is 0.410. The summed E-state index contributed by atoms with van der Waals surface area (Å²) in [5.41, 5.74) is 2.67. The van der Waals surface area contributed by atoms with Crippen LogP contribution in [0.25, 0.3) is 10.9 Å². The van der Waals surface area contributed by atoms with Gasteiger partial charge in [0.15, 0.2) is 0 Å². The Kier molecular flexibility index (Phi) is 2.63. The maximum Gasteiger partial charge on any atom is 0.0781 e. The Morgan fingerprint density at radius 2 is 2.29 bits per heavy atom. The largest absolute Gasteiger partial charge is 0.379 e. The minimum Gasteiger partial charge on any atom is -0.379 e. The molecule has 0 radical (unpaired) electrons. The van der Waals surface area contributed by atoms with Gasteiger partial charge in [0.1, 0.15) is 0 Å². The fraction of sp³-hybridized carbons (Fsp3) is 0.500. The van der Waals surface area contributed by atoms with Crippen molar-refractivity contribution in [2.75, 3.05) is 13.2 Å². The summed E-state index contributed by atoms with van der Waals surface area (Å²) < 4.78 is 7.63. The van der Waals surface area contributed by atoms with Gasteiger partial charge in [-0.2, -0.15) is 5.10 Å². The van der Waals surface area contributed by atoms with Gasteiger partial charge in [0.05, 0.1) is 24.4 Å². The van der Waals surface area contributed by atoms with E-state index in [1.165, 1.54) is 16.5 Å². The quantitative estimate of drug-likeness (QED) is 0.792. The SMILES string of the molecule is CC(C)c1cccc2cnn([C@@H]3CCOC3)c12. The lowest BCUT2D eigenvalue weighted by atomic mass is 10.0. The van der Waals surface area contributed by atoms with Crippen LogP contribution in [-0.2, 0) is 4.74 Å². The summed E-state index contributed by atoms with van der Waals surface area (Å²) in [4.78, 5) is 0. The molecule has 0 amide bonds. The Morgan fingerprint density at radius 3 is 3.00 bits per heavy atom. The Morgan fingerprint density at radius 1 is 1.41 bits per heavy atom. The van der Waals surface area contributed by atoms with Gasteiger partial charge in [-0.1, -0.05) is 32.0 Å². The molecule has 0 spiro atoms. The number of para-hydroxylation sites is 1. The Labute approximate surface area is 101 Å². The number of nitrogens with zero attached hydrogens (tertiary/aromatic N) is 2. The van der Waals surface area contributed by atoms with Crippen LogP contribution in [0.3, 0.4) is 0 Å². The molecule has 2 heterocycles. The lowest BCUT2D eigenvalue weighted by Crippen LogP contribution is -2.11. The van der Waals surface area contributed by atoms with Crippen molar-refractivity contribution in [1.29, 1.82) is 0 Å². The molecule has 2 aromatic rings. The fourth-order valence-corrected chi connectivity index (χ4v) is 2.59. The molecule has 0 N–H and O–H groups in total. The van der Waals surface area contributed by atoms with Gasteiger partial charge >= 0.3 is 0 Å². The van der Waals surface area contributed by atoms with Crippen LogP contribution in [0.15, 0.2) is 24.4 Å². The van der Waals surface area contributed by atoms with Crippen molar-refractivity contribution in [2.45, 2.75) is 32.2 Å². The average Bonchev–Trinajstić information content (AvgIpc) is 2.96. The third kappa shape index (κ3) is 1.75. The van der Waals surface area contributed by atoms with Crippen LogP contribution < -0.4 is 0 Å². The van der Waals surface area contributed by atoms with Gasteiger partial charge in [0, 0.05) is 12.0 Å². The van der Waals surface area contributed by atoms with Crippen molar-refractivity contribution >= 4 is 10.9 Å². The first kappa shape index (κ1) is 10.8. The first-order valence-corrected chi connectivity index (χ1v) is 6.31. The van der Waals surface area contributed by atoms with E-state index in [9.17, 15) is 0 Å². The maximum atomic E-state index is 5.47. The summed E-state index contributed by atoms with van der Waals surface area (Å²) in [6, 6.07) is 6.88. The molecule has 1 aromatic carbocycles. The zero-order valence-corrected chi connectivity index (χ0v) is 10.4. The van der Waals surface area contributed by atoms with Crippen LogP contribution in [0.1, 0.15) is 37.8 Å². The first-order chi connectivity index (χ1) is 8.27. The highest BCUT2D eigenvalue weighted by Crippen LogP contribution is 2.29. The summed E-state index contributed by atoms with van der Waals surface area (Å²) in [5, 5.41) is 5.80. The van der Waals surface area contributed by atoms with Crippen LogP contribution >= 0.6 is 0 Å². The molecule has 1 aliphatic heterocycles. The number of benzene rings is 1. The Balaban J connectivity index is 2.18. The molecule has 3 nitrogen and oxygen atoms in total. The standard InChI is InChI=1S/C14H18N2O/c1-10(2)13-5-3-4-11-8-15-16(14(11)13)12-6-7-17-9-12/h3-5,8,10,12H,6-7,9H2,1-2H3/t12-/m1/s1. The van der Waals surface area contributed by atoms with E-state index >= 15 is 0 Å². The highest BCUT2D eigenvalue weighted by molar-refractivity contribution is 5.82. The second-order valence-corrected chi connectivity index (χ2v) is 5.05. The van der Waals surface area contributed by atoms with E-state index in [0.29, 0.717) is 12.0 Å². The second-order valence-electron chi connectivity index (χ2n) is 5.05. The van der Waals surface area contributed by atoms with Gasteiger partial charge in [-0.3, -0.25) is 4.68 Å². The van der Waals surface area contributed by atoms with Gasteiger partial charge in [0.25, 0.3) is 0 Å². The number of hydrogen-bond acceptors (Lipinski definition) is 2. The number of fused-ring (bicyclic) bond motifs is 1. The maximum absolute atomic E-state index is 5.47. The van der Waals surface area contributed by atoms with Gasteiger partial charge in [-0.05, 0) is 17.9 Å². The van der Waals surface area contributed by atoms with Crippen LogP contribution in [0.4, 0.5) is 0 Å². The molecule has 1 atom stereocenters. The van der Waals surface area contributed by atoms with Gasteiger partial charge in [-0.25, -0.2) is 0 Å². The molecular weight excluding hydrogens is 212 g/mol. The molecule has 0 bridgehead atoms. The zero-order valence-electron chi connectivity index (χ0n) is 10.4. The van der Waals surface area contributed by atoms with Gasteiger partial charge < -0.3 is 4.74 Å². The molecule has 0 aliphatic carbocycles. The lowest BCUT2D eigenvalue weighted by molar-refractivity contribution is 0.185. The van der Waals surface area contributed by atoms with E-state index in [0.717, 1.165) is 19.6 Å². The van der Waals surface area contributed by atoms with E-state index in [1.54, 1.807) is 0 Å². The number of hydrogen-bond donors (Lipinski definition) is 0. The van der Waals surface area contributed by atoms with E-state index in [1.807, 2.05) is 6.20 Å². The first-order valence-electron chi connectivity index (χ1n) is 6.31. The summed E-state index contributed by atoms with van der Waals surface area (Å²) in [5.74, 6) is 0.525. The predicted molar refractivity (Wildman–Crippen MR) is 68.3 cm³/mol. The molecule has 1 aliphatic rings. The topological polar surface area (TPSA) is 27.1 Å². The molecule has 3 heteroatoms. The third-order valence-corrected chi connectivity index (χ3v) is 3.52. The van der Waals surface area contributed by atoms with Crippen LogP contribution in [0, 0.1) is 0 Å². The Bertz CT molecular complexity index is 524. The highest BCUT2D eigenvalue weighted by Gasteiger charge is 2.21. The van der Waals surface area contributed by atoms with E-state index in [4.69, 9.17) is 4.74 Å². The van der Waals surface area contributed by atoms with Crippen LogP contribution in [0.5, 0.6) is 0 Å². The molecule has 1 fully saturated rings. The monoisotopic (exact) mass is 230 g/mol. The lowest BCUT2D eigenvalue weighted by Gasteiger charge is -2.14. The Hall–Kier alpha value is -1.35. The van der Waals surface area contributed by atoms with Crippen molar-refractivity contribution < 1.29 is 4.74 Å². The van der Waals surface area contributed by atoms with Crippen molar-refractivity contribution in [3.63, 3.8) is 0 Å². The molecular formula is C14H18N2O. The molecule has 90 valence electrons. The fourth-order valence-electron chi connectivity index (χ4n) is 2.59. The molecule has 1 aromatic heterocycles. The van der Waals surface area contributed by atoms with Crippen LogP contribution in [-0.4, -0.2) is 23.0 Å². The van der Waals surface area contributed by atoms with Crippen molar-refractivity contribution in [3.05, 3.63) is 30.0 Å². The average molecular weight is 230 g/mol. The summed E-state index contributed by atoms with van der Waals surface area (Å²) in [6.45, 7) is 6.12. The molecule has 3 rings (SSSR count). The number of ether oxygens (including phenoxy) is 1. The summed E-state index contributed by atoms with van der Waals surface area (Å²) in [7, 11) is 0. The van der Waals surface area contributed by atoms with Gasteiger partial charge in [0.2, 0.25) is 0 Å². The smallest absolute Gasteiger partial charge is 0.0781 e. The van der Waals surface area contributed by atoms with E-state index in [2.05, 4.69) is 41.8 Å². The summed E-state index contributed by atoms with van der Waals surface area (Å²) >= 11 is 0. The number of aromatic nitrogens is 2. The van der Waals surface area contributed by atoms with Crippen molar-refractivity contribution in [1.82, 2.24) is 9.78 Å². The van der Waals surface area contributed by atoms with Crippen LogP contribution in [0.2, 0.25) is 0 Å². The number of rotatable bonds is 2.